The molecule has 0 amide bonds. The van der Waals surface area contributed by atoms with E-state index in [2.05, 4.69) is 16.9 Å². The summed E-state index contributed by atoms with van der Waals surface area (Å²) in [6.45, 7) is 2.19. The fourth-order valence-electron chi connectivity index (χ4n) is 2.81. The maximum Gasteiger partial charge on any atom is 0.225 e. The maximum atomic E-state index is 6.05. The van der Waals surface area contributed by atoms with Gasteiger partial charge >= 0.3 is 0 Å². The van der Waals surface area contributed by atoms with Gasteiger partial charge in [-0.25, -0.2) is 4.98 Å². The number of rotatable bonds is 3. The molecule has 3 atom stereocenters. The fraction of sp³-hybridized carbons (Fsp3) is 0.692. The number of nitrogens with zero attached hydrogens (tertiary/aromatic N) is 2. The van der Waals surface area contributed by atoms with Crippen LogP contribution in [0.1, 0.15) is 44.1 Å². The largest absolute Gasteiger partial charge is 0.481 e. The predicted molar refractivity (Wildman–Crippen MR) is 71.9 cm³/mol. The molecule has 1 aromatic heterocycles. The van der Waals surface area contributed by atoms with E-state index in [-0.39, 0.29) is 5.28 Å². The molecule has 1 aliphatic rings. The number of hydrogen-bond acceptors (Lipinski definition) is 4. The van der Waals surface area contributed by atoms with Crippen molar-refractivity contribution >= 4 is 11.6 Å². The minimum atomic E-state index is 0.225. The summed E-state index contributed by atoms with van der Waals surface area (Å²) in [6, 6.07) is 0.324. The summed E-state index contributed by atoms with van der Waals surface area (Å²) in [5, 5.41) is 0.225. The van der Waals surface area contributed by atoms with Gasteiger partial charge in [-0.1, -0.05) is 13.3 Å². The Morgan fingerprint density at radius 1 is 1.50 bits per heavy atom. The van der Waals surface area contributed by atoms with Crippen LogP contribution in [-0.4, -0.2) is 23.1 Å². The molecule has 1 heterocycles. The van der Waals surface area contributed by atoms with Gasteiger partial charge in [0.05, 0.1) is 7.11 Å². The molecular weight excluding hydrogens is 250 g/mol. The minimum Gasteiger partial charge on any atom is -0.481 e. The van der Waals surface area contributed by atoms with E-state index in [4.69, 9.17) is 22.1 Å². The number of nitrogens with two attached hydrogens (primary N) is 1. The Morgan fingerprint density at radius 3 is 2.94 bits per heavy atom. The molecule has 1 saturated carbocycles. The molecule has 0 radical (unpaired) electrons. The van der Waals surface area contributed by atoms with Crippen molar-refractivity contribution in [2.45, 2.75) is 44.6 Å². The molecule has 2 rings (SSSR count). The average Bonchev–Trinajstić information content (AvgIpc) is 2.37. The first-order chi connectivity index (χ1) is 8.61. The molecule has 0 spiro atoms. The minimum absolute atomic E-state index is 0.225. The lowest BCUT2D eigenvalue weighted by Gasteiger charge is -2.31. The third-order valence-electron chi connectivity index (χ3n) is 3.90. The summed E-state index contributed by atoms with van der Waals surface area (Å²) < 4.78 is 5.30. The summed E-state index contributed by atoms with van der Waals surface area (Å²) in [4.78, 5) is 8.19. The Hall–Kier alpha value is -0.870. The number of methoxy groups -OCH3 is 1. The molecule has 0 saturated heterocycles. The summed E-state index contributed by atoms with van der Waals surface area (Å²) >= 11 is 5.79. The molecule has 1 aromatic rings. The SMILES string of the molecule is COc1nc(Cl)ncc1C(C)[C@@H]1CCC[C@H](N)C1. The Morgan fingerprint density at radius 2 is 2.28 bits per heavy atom. The molecule has 1 unspecified atom stereocenters. The Bertz CT molecular complexity index is 413. The van der Waals surface area contributed by atoms with Gasteiger partial charge in [0.15, 0.2) is 0 Å². The van der Waals surface area contributed by atoms with Crippen molar-refractivity contribution in [3.8, 4) is 5.88 Å². The molecule has 1 aliphatic carbocycles. The zero-order valence-corrected chi connectivity index (χ0v) is 11.7. The molecule has 100 valence electrons. The maximum absolute atomic E-state index is 6.05. The quantitative estimate of drug-likeness (QED) is 0.857. The van der Waals surface area contributed by atoms with Crippen molar-refractivity contribution in [1.29, 1.82) is 0 Å². The van der Waals surface area contributed by atoms with Gasteiger partial charge in [-0.2, -0.15) is 4.98 Å². The third-order valence-corrected chi connectivity index (χ3v) is 4.08. The van der Waals surface area contributed by atoms with E-state index in [9.17, 15) is 0 Å². The third kappa shape index (κ3) is 2.93. The second-order valence-corrected chi connectivity index (χ2v) is 5.42. The number of halogens is 1. The smallest absolute Gasteiger partial charge is 0.225 e. The summed E-state index contributed by atoms with van der Waals surface area (Å²) in [5.74, 6) is 1.51. The number of hydrogen-bond donors (Lipinski definition) is 1. The zero-order valence-electron chi connectivity index (χ0n) is 10.9. The lowest BCUT2D eigenvalue weighted by molar-refractivity contribution is 0.280. The molecule has 0 bridgehead atoms. The van der Waals surface area contributed by atoms with Crippen LogP contribution < -0.4 is 10.5 Å². The second-order valence-electron chi connectivity index (χ2n) is 5.08. The second kappa shape index (κ2) is 5.85. The summed E-state index contributed by atoms with van der Waals surface area (Å²) in [5.41, 5.74) is 7.08. The van der Waals surface area contributed by atoms with Crippen LogP contribution in [0.15, 0.2) is 6.20 Å². The van der Waals surface area contributed by atoms with Crippen LogP contribution in [0, 0.1) is 5.92 Å². The van der Waals surface area contributed by atoms with Crippen LogP contribution in [-0.2, 0) is 0 Å². The van der Waals surface area contributed by atoms with Crippen molar-refractivity contribution < 1.29 is 4.74 Å². The van der Waals surface area contributed by atoms with Gasteiger partial charge in [0.1, 0.15) is 0 Å². The van der Waals surface area contributed by atoms with Crippen LogP contribution in [0.25, 0.3) is 0 Å². The van der Waals surface area contributed by atoms with Gasteiger partial charge in [0, 0.05) is 17.8 Å². The Labute approximate surface area is 113 Å². The average molecular weight is 270 g/mol. The lowest BCUT2D eigenvalue weighted by atomic mass is 9.76. The Kier molecular flexibility index (Phi) is 4.40. The highest BCUT2D eigenvalue weighted by atomic mass is 35.5. The van der Waals surface area contributed by atoms with Crippen molar-refractivity contribution in [3.63, 3.8) is 0 Å². The van der Waals surface area contributed by atoms with E-state index in [1.165, 1.54) is 12.8 Å². The Balaban J connectivity index is 2.19. The van der Waals surface area contributed by atoms with Crippen LogP contribution in [0.4, 0.5) is 0 Å². The van der Waals surface area contributed by atoms with Gasteiger partial charge < -0.3 is 10.5 Å². The lowest BCUT2D eigenvalue weighted by Crippen LogP contribution is -2.30. The normalized spacial score (nSPS) is 25.8. The van der Waals surface area contributed by atoms with E-state index in [0.29, 0.717) is 23.8 Å². The first kappa shape index (κ1) is 13.6. The fourth-order valence-corrected chi connectivity index (χ4v) is 2.93. The highest BCUT2D eigenvalue weighted by molar-refractivity contribution is 6.28. The first-order valence-electron chi connectivity index (χ1n) is 6.43. The number of ether oxygens (including phenoxy) is 1. The summed E-state index contributed by atoms with van der Waals surface area (Å²) in [6.07, 6.45) is 6.39. The molecule has 0 aromatic carbocycles. The van der Waals surface area contributed by atoms with Crippen molar-refractivity contribution in [3.05, 3.63) is 17.0 Å². The van der Waals surface area contributed by atoms with Gasteiger partial charge in [-0.05, 0) is 42.7 Å². The monoisotopic (exact) mass is 269 g/mol. The molecule has 0 aliphatic heterocycles. The first-order valence-corrected chi connectivity index (χ1v) is 6.81. The topological polar surface area (TPSA) is 61.0 Å². The van der Waals surface area contributed by atoms with E-state index in [1.807, 2.05) is 0 Å². The van der Waals surface area contributed by atoms with E-state index in [1.54, 1.807) is 13.3 Å². The van der Waals surface area contributed by atoms with Crippen LogP contribution in [0.2, 0.25) is 5.28 Å². The van der Waals surface area contributed by atoms with Crippen LogP contribution >= 0.6 is 11.6 Å². The molecular formula is C13H20ClN3O. The van der Waals surface area contributed by atoms with E-state index >= 15 is 0 Å². The van der Waals surface area contributed by atoms with Crippen LogP contribution in [0.3, 0.4) is 0 Å². The highest BCUT2D eigenvalue weighted by Crippen LogP contribution is 2.38. The predicted octanol–water partition coefficient (Wildman–Crippen LogP) is 2.76. The van der Waals surface area contributed by atoms with E-state index in [0.717, 1.165) is 18.4 Å². The molecule has 1 fully saturated rings. The summed E-state index contributed by atoms with van der Waals surface area (Å²) in [7, 11) is 1.61. The van der Waals surface area contributed by atoms with Gasteiger partial charge in [-0.3, -0.25) is 0 Å². The molecule has 4 nitrogen and oxygen atoms in total. The zero-order chi connectivity index (χ0) is 13.1. The van der Waals surface area contributed by atoms with Gasteiger partial charge in [0.2, 0.25) is 11.2 Å². The standard InChI is InChI=1S/C13H20ClN3O/c1-8(9-4-3-5-10(15)6-9)11-7-16-13(14)17-12(11)18-2/h7-10H,3-6,15H2,1-2H3/t8?,9-,10+/m1/s1. The van der Waals surface area contributed by atoms with Crippen molar-refractivity contribution in [2.24, 2.45) is 11.7 Å². The molecule has 2 N–H and O–H groups in total. The molecule has 18 heavy (non-hydrogen) atoms. The van der Waals surface area contributed by atoms with Crippen LogP contribution in [0.5, 0.6) is 5.88 Å². The van der Waals surface area contributed by atoms with Gasteiger partial charge in [0.25, 0.3) is 0 Å². The number of aromatic nitrogens is 2. The highest BCUT2D eigenvalue weighted by Gasteiger charge is 2.27. The van der Waals surface area contributed by atoms with E-state index < -0.39 is 0 Å². The van der Waals surface area contributed by atoms with Crippen molar-refractivity contribution in [1.82, 2.24) is 9.97 Å². The van der Waals surface area contributed by atoms with Gasteiger partial charge in [-0.15, -0.1) is 0 Å². The molecule has 5 heteroatoms. The van der Waals surface area contributed by atoms with Crippen molar-refractivity contribution in [2.75, 3.05) is 7.11 Å².